The Bertz CT molecular complexity index is 824. The number of ether oxygens (including phenoxy) is 3. The number of methoxy groups -OCH3 is 3. The molecule has 170 valence electrons. The largest absolute Gasteiger partial charge is 0.504 e. The van der Waals surface area contributed by atoms with Crippen molar-refractivity contribution in [1.82, 2.24) is 4.90 Å². The number of esters is 1. The van der Waals surface area contributed by atoms with Crippen molar-refractivity contribution in [3.8, 4) is 5.75 Å². The van der Waals surface area contributed by atoms with E-state index in [9.17, 15) is 9.59 Å². The minimum atomic E-state index is -0.322. The molecule has 2 saturated heterocycles. The van der Waals surface area contributed by atoms with E-state index in [1.807, 2.05) is 25.2 Å². The first kappa shape index (κ1) is 23.1. The van der Waals surface area contributed by atoms with Crippen LogP contribution in [0.3, 0.4) is 0 Å². The van der Waals surface area contributed by atoms with E-state index in [2.05, 4.69) is 16.7 Å². The molecule has 3 rings (SSSR count). The third-order valence-corrected chi connectivity index (χ3v) is 7.01. The number of piperidine rings is 1. The van der Waals surface area contributed by atoms with Gasteiger partial charge in [0.05, 0.1) is 44.4 Å². The molecule has 0 aliphatic carbocycles. The standard InChI is InChI=1S/C24H34N2O5/c1-6-16-13-26-11-10-21(22(26)12-17(16)19(15-29-3)24(28)31-5)25(2)20-8-7-9-23(30-4)18(20)14-27/h7-9,14-17,21-22H,6,10-13H2,1-5H3/b19-15+. The number of anilines is 1. The number of carbonyl (C=O) groups excluding carboxylic acids is 2. The number of nitrogens with zero attached hydrogens (tertiary/aromatic N) is 2. The molecule has 2 heterocycles. The second kappa shape index (κ2) is 10.2. The van der Waals surface area contributed by atoms with Gasteiger partial charge >= 0.3 is 5.97 Å². The smallest absolute Gasteiger partial charge is 0.337 e. The number of aldehydes is 1. The molecule has 1 aromatic rings. The van der Waals surface area contributed by atoms with Gasteiger partial charge in [0.25, 0.3) is 0 Å². The highest BCUT2D eigenvalue weighted by Crippen LogP contribution is 2.42. The van der Waals surface area contributed by atoms with Crippen molar-refractivity contribution >= 4 is 17.9 Å². The fourth-order valence-electron chi connectivity index (χ4n) is 5.41. The molecule has 31 heavy (non-hydrogen) atoms. The van der Waals surface area contributed by atoms with Crippen LogP contribution in [0.25, 0.3) is 0 Å². The first-order chi connectivity index (χ1) is 15.0. The minimum absolute atomic E-state index is 0.0727. The Hall–Kier alpha value is -2.54. The summed E-state index contributed by atoms with van der Waals surface area (Å²) in [5.41, 5.74) is 2.05. The van der Waals surface area contributed by atoms with Crippen LogP contribution < -0.4 is 9.64 Å². The van der Waals surface area contributed by atoms with E-state index >= 15 is 0 Å². The Kier molecular flexibility index (Phi) is 7.59. The minimum Gasteiger partial charge on any atom is -0.504 e. The third kappa shape index (κ3) is 4.42. The van der Waals surface area contributed by atoms with Gasteiger partial charge in [-0.1, -0.05) is 19.4 Å². The van der Waals surface area contributed by atoms with E-state index in [1.54, 1.807) is 20.5 Å². The van der Waals surface area contributed by atoms with Crippen molar-refractivity contribution in [2.75, 3.05) is 46.4 Å². The van der Waals surface area contributed by atoms with E-state index in [0.717, 1.165) is 44.3 Å². The van der Waals surface area contributed by atoms with Crippen molar-refractivity contribution in [2.45, 2.75) is 38.3 Å². The van der Waals surface area contributed by atoms with Crippen LogP contribution in [0.1, 0.15) is 36.5 Å². The maximum absolute atomic E-state index is 12.5. The normalized spacial score (nSPS) is 26.2. The van der Waals surface area contributed by atoms with Gasteiger partial charge in [0.15, 0.2) is 6.29 Å². The number of likely N-dealkylation sites (N-methyl/N-ethyl adjacent to an activating group) is 1. The molecule has 4 atom stereocenters. The van der Waals surface area contributed by atoms with Gasteiger partial charge < -0.3 is 19.1 Å². The Balaban J connectivity index is 1.91. The molecule has 4 unspecified atom stereocenters. The van der Waals surface area contributed by atoms with Gasteiger partial charge in [-0.15, -0.1) is 0 Å². The summed E-state index contributed by atoms with van der Waals surface area (Å²) < 4.78 is 15.7. The Labute approximate surface area is 184 Å². The molecule has 0 bridgehead atoms. The van der Waals surface area contributed by atoms with Crippen molar-refractivity contribution in [3.63, 3.8) is 0 Å². The molecule has 2 fully saturated rings. The van der Waals surface area contributed by atoms with E-state index in [1.165, 1.54) is 7.11 Å². The fraction of sp³-hybridized carbons (Fsp3) is 0.583. The number of hydrogen-bond donors (Lipinski definition) is 0. The molecule has 1 aromatic carbocycles. The highest BCUT2D eigenvalue weighted by Gasteiger charge is 2.46. The zero-order valence-electron chi connectivity index (χ0n) is 19.2. The van der Waals surface area contributed by atoms with Gasteiger partial charge in [0, 0.05) is 32.2 Å². The maximum Gasteiger partial charge on any atom is 0.337 e. The molecule has 0 aromatic heterocycles. The first-order valence-electron chi connectivity index (χ1n) is 10.9. The van der Waals surface area contributed by atoms with Crippen molar-refractivity contribution in [2.24, 2.45) is 11.8 Å². The average molecular weight is 431 g/mol. The quantitative estimate of drug-likeness (QED) is 0.272. The van der Waals surface area contributed by atoms with Gasteiger partial charge in [0.1, 0.15) is 5.75 Å². The summed E-state index contributed by atoms with van der Waals surface area (Å²) in [6, 6.07) is 6.19. The third-order valence-electron chi connectivity index (χ3n) is 7.01. The average Bonchev–Trinajstić information content (AvgIpc) is 3.22. The molecule has 0 radical (unpaired) electrons. The van der Waals surface area contributed by atoms with Crippen LogP contribution in [0, 0.1) is 11.8 Å². The topological polar surface area (TPSA) is 68.3 Å². The SMILES string of the molecule is CCC1CN2CCC(N(C)c3cccc(OC)c3C=O)C2CC1/C(=C\OC)C(=O)OC. The predicted octanol–water partition coefficient (Wildman–Crippen LogP) is 3.14. The van der Waals surface area contributed by atoms with Gasteiger partial charge in [-0.05, 0) is 36.8 Å². The Morgan fingerprint density at radius 2 is 2.06 bits per heavy atom. The van der Waals surface area contributed by atoms with E-state index in [0.29, 0.717) is 22.8 Å². The summed E-state index contributed by atoms with van der Waals surface area (Å²) in [6.45, 7) is 4.11. The number of hydrogen-bond acceptors (Lipinski definition) is 7. The van der Waals surface area contributed by atoms with Crippen molar-refractivity contribution in [3.05, 3.63) is 35.6 Å². The lowest BCUT2D eigenvalue weighted by molar-refractivity contribution is -0.137. The van der Waals surface area contributed by atoms with Crippen LogP contribution in [0.5, 0.6) is 5.75 Å². The second-order valence-corrected chi connectivity index (χ2v) is 8.35. The molecule has 0 spiro atoms. The second-order valence-electron chi connectivity index (χ2n) is 8.35. The molecule has 0 amide bonds. The molecule has 7 heteroatoms. The lowest BCUT2D eigenvalue weighted by Gasteiger charge is -2.44. The summed E-state index contributed by atoms with van der Waals surface area (Å²) >= 11 is 0. The molecular weight excluding hydrogens is 396 g/mol. The van der Waals surface area contributed by atoms with Crippen LogP contribution in [0.2, 0.25) is 0 Å². The van der Waals surface area contributed by atoms with Crippen LogP contribution in [0.4, 0.5) is 5.69 Å². The monoisotopic (exact) mass is 430 g/mol. The zero-order valence-corrected chi connectivity index (χ0v) is 19.2. The number of carbonyl (C=O) groups is 2. The summed E-state index contributed by atoms with van der Waals surface area (Å²) in [5, 5.41) is 0. The van der Waals surface area contributed by atoms with Crippen LogP contribution in [0.15, 0.2) is 30.0 Å². The fourth-order valence-corrected chi connectivity index (χ4v) is 5.41. The van der Waals surface area contributed by atoms with E-state index < -0.39 is 0 Å². The Morgan fingerprint density at radius 3 is 2.68 bits per heavy atom. The number of rotatable bonds is 8. The highest BCUT2D eigenvalue weighted by molar-refractivity contribution is 5.89. The van der Waals surface area contributed by atoms with Gasteiger partial charge in [-0.3, -0.25) is 9.69 Å². The van der Waals surface area contributed by atoms with Gasteiger partial charge in [-0.25, -0.2) is 4.79 Å². The molecule has 7 nitrogen and oxygen atoms in total. The lowest BCUT2D eigenvalue weighted by Crippen LogP contribution is -2.51. The summed E-state index contributed by atoms with van der Waals surface area (Å²) in [5.74, 6) is 0.696. The van der Waals surface area contributed by atoms with Gasteiger partial charge in [0.2, 0.25) is 0 Å². The number of fused-ring (bicyclic) bond motifs is 1. The van der Waals surface area contributed by atoms with E-state index in [4.69, 9.17) is 14.2 Å². The molecular formula is C24H34N2O5. The molecule has 2 aliphatic rings. The van der Waals surface area contributed by atoms with Gasteiger partial charge in [-0.2, -0.15) is 0 Å². The first-order valence-corrected chi connectivity index (χ1v) is 10.9. The van der Waals surface area contributed by atoms with Crippen LogP contribution >= 0.6 is 0 Å². The maximum atomic E-state index is 12.5. The zero-order chi connectivity index (χ0) is 22.5. The lowest BCUT2D eigenvalue weighted by atomic mass is 9.75. The predicted molar refractivity (Wildman–Crippen MR) is 120 cm³/mol. The summed E-state index contributed by atoms with van der Waals surface area (Å²) in [6.07, 6.45) is 5.25. The number of benzene rings is 1. The molecule has 0 N–H and O–H groups in total. The Morgan fingerprint density at radius 1 is 1.29 bits per heavy atom. The molecule has 0 saturated carbocycles. The van der Waals surface area contributed by atoms with E-state index in [-0.39, 0.29) is 24.0 Å². The van der Waals surface area contributed by atoms with Crippen molar-refractivity contribution < 1.29 is 23.8 Å². The van der Waals surface area contributed by atoms with Crippen LogP contribution in [-0.2, 0) is 14.3 Å². The molecule has 2 aliphatic heterocycles. The summed E-state index contributed by atoms with van der Waals surface area (Å²) in [7, 11) is 6.60. The van der Waals surface area contributed by atoms with Crippen LogP contribution in [-0.4, -0.2) is 70.7 Å². The van der Waals surface area contributed by atoms with Crippen molar-refractivity contribution in [1.29, 1.82) is 0 Å². The summed E-state index contributed by atoms with van der Waals surface area (Å²) in [4.78, 5) is 29.1. The highest BCUT2D eigenvalue weighted by atomic mass is 16.5.